The summed E-state index contributed by atoms with van der Waals surface area (Å²) in [6.45, 7) is 0. The molecule has 0 saturated carbocycles. The average Bonchev–Trinajstić information content (AvgIpc) is 3.21. The zero-order chi connectivity index (χ0) is 19.5. The quantitative estimate of drug-likeness (QED) is 0.461. The topological polar surface area (TPSA) is 76.7 Å². The molecule has 0 radical (unpaired) electrons. The van der Waals surface area contributed by atoms with Crippen LogP contribution in [0.15, 0.2) is 74.0 Å². The molecule has 0 aliphatic carbocycles. The van der Waals surface area contributed by atoms with Crippen molar-refractivity contribution in [3.05, 3.63) is 75.7 Å². The molecule has 0 spiro atoms. The molecule has 28 heavy (non-hydrogen) atoms. The molecule has 2 aromatic heterocycles. The summed E-state index contributed by atoms with van der Waals surface area (Å²) in [4.78, 5) is 21.5. The Balaban J connectivity index is 1.85. The van der Waals surface area contributed by atoms with Crippen LogP contribution in [-0.4, -0.2) is 18.0 Å². The number of methoxy groups -OCH3 is 1. The van der Waals surface area contributed by atoms with Crippen molar-refractivity contribution in [2.24, 2.45) is 4.99 Å². The van der Waals surface area contributed by atoms with Gasteiger partial charge in [-0.1, -0.05) is 15.9 Å². The third-order valence-corrected chi connectivity index (χ3v) is 5.09. The molecule has 2 heterocycles. The number of carbonyl (C=O) groups excluding carboxylic acids is 1. The summed E-state index contributed by atoms with van der Waals surface area (Å²) < 4.78 is 12.0. The SMILES string of the molecule is COc1ccc(N=c2oc3ccc(Br)cc3cc2C(=O)Nc2nccs2)cc1. The molecule has 0 saturated heterocycles. The number of aromatic nitrogens is 1. The van der Waals surface area contributed by atoms with Crippen LogP contribution in [0.2, 0.25) is 0 Å². The molecule has 4 aromatic rings. The lowest BCUT2D eigenvalue weighted by atomic mass is 10.1. The summed E-state index contributed by atoms with van der Waals surface area (Å²) in [5.41, 5.74) is 1.80. The highest BCUT2D eigenvalue weighted by Gasteiger charge is 2.14. The normalized spacial score (nSPS) is 11.6. The van der Waals surface area contributed by atoms with Gasteiger partial charge in [-0.3, -0.25) is 10.1 Å². The van der Waals surface area contributed by atoms with E-state index < -0.39 is 0 Å². The highest BCUT2D eigenvalue weighted by atomic mass is 79.9. The molecule has 8 heteroatoms. The number of carbonyl (C=O) groups is 1. The third-order valence-electron chi connectivity index (χ3n) is 3.91. The van der Waals surface area contributed by atoms with E-state index in [0.717, 1.165) is 15.6 Å². The summed E-state index contributed by atoms with van der Waals surface area (Å²) in [5, 5.41) is 5.86. The molecule has 0 atom stereocenters. The van der Waals surface area contributed by atoms with Crippen LogP contribution >= 0.6 is 27.3 Å². The Bertz CT molecular complexity index is 1200. The highest BCUT2D eigenvalue weighted by molar-refractivity contribution is 9.10. The number of rotatable bonds is 4. The first-order chi connectivity index (χ1) is 13.6. The lowest BCUT2D eigenvalue weighted by Crippen LogP contribution is -2.21. The largest absolute Gasteiger partial charge is 0.497 e. The number of anilines is 1. The Hall–Kier alpha value is -2.97. The van der Waals surface area contributed by atoms with Crippen molar-refractivity contribution in [2.75, 3.05) is 12.4 Å². The molecule has 0 unspecified atom stereocenters. The van der Waals surface area contributed by atoms with Gasteiger partial charge in [0, 0.05) is 21.4 Å². The maximum Gasteiger partial charge on any atom is 0.262 e. The molecule has 4 rings (SSSR count). The number of ether oxygens (including phenoxy) is 1. The van der Waals surface area contributed by atoms with E-state index in [2.05, 4.69) is 31.2 Å². The monoisotopic (exact) mass is 455 g/mol. The van der Waals surface area contributed by atoms with E-state index in [9.17, 15) is 4.79 Å². The van der Waals surface area contributed by atoms with Crippen LogP contribution in [0.4, 0.5) is 10.8 Å². The van der Waals surface area contributed by atoms with Gasteiger partial charge in [0.15, 0.2) is 5.13 Å². The first-order valence-corrected chi connectivity index (χ1v) is 9.93. The van der Waals surface area contributed by atoms with Crippen LogP contribution in [0.1, 0.15) is 10.4 Å². The van der Waals surface area contributed by atoms with E-state index in [0.29, 0.717) is 22.0 Å². The lowest BCUT2D eigenvalue weighted by molar-refractivity contribution is 0.102. The van der Waals surface area contributed by atoms with Crippen LogP contribution in [0.3, 0.4) is 0 Å². The third kappa shape index (κ3) is 3.97. The number of hydrogen-bond acceptors (Lipinski definition) is 6. The molecule has 0 aliphatic rings. The van der Waals surface area contributed by atoms with Gasteiger partial charge in [0.25, 0.3) is 5.91 Å². The van der Waals surface area contributed by atoms with Crippen LogP contribution < -0.4 is 15.6 Å². The number of nitrogens with zero attached hydrogens (tertiary/aromatic N) is 2. The molecular formula is C20H14BrN3O3S. The summed E-state index contributed by atoms with van der Waals surface area (Å²) in [5.74, 6) is 0.383. The van der Waals surface area contributed by atoms with Gasteiger partial charge in [-0.2, -0.15) is 0 Å². The fourth-order valence-electron chi connectivity index (χ4n) is 2.57. The van der Waals surface area contributed by atoms with Gasteiger partial charge in [-0.05, 0) is 48.5 Å². The number of benzene rings is 2. The predicted molar refractivity (Wildman–Crippen MR) is 112 cm³/mol. The summed E-state index contributed by atoms with van der Waals surface area (Å²) >= 11 is 4.78. The van der Waals surface area contributed by atoms with Crippen molar-refractivity contribution >= 4 is 55.0 Å². The second-order valence-electron chi connectivity index (χ2n) is 5.75. The Morgan fingerprint density at radius 2 is 2.04 bits per heavy atom. The van der Waals surface area contributed by atoms with Gasteiger partial charge in [-0.25, -0.2) is 9.98 Å². The van der Waals surface area contributed by atoms with E-state index in [1.54, 1.807) is 49.0 Å². The van der Waals surface area contributed by atoms with Gasteiger partial charge < -0.3 is 9.15 Å². The van der Waals surface area contributed by atoms with Crippen LogP contribution in [0, 0.1) is 0 Å². The van der Waals surface area contributed by atoms with Crippen LogP contribution in [0.25, 0.3) is 11.0 Å². The fourth-order valence-corrected chi connectivity index (χ4v) is 3.47. The zero-order valence-corrected chi connectivity index (χ0v) is 17.1. The van der Waals surface area contributed by atoms with E-state index in [1.165, 1.54) is 11.3 Å². The first-order valence-electron chi connectivity index (χ1n) is 8.25. The summed E-state index contributed by atoms with van der Waals surface area (Å²) in [6, 6.07) is 14.5. The number of thiazole rings is 1. The van der Waals surface area contributed by atoms with Crippen molar-refractivity contribution in [3.8, 4) is 5.75 Å². The minimum Gasteiger partial charge on any atom is -0.497 e. The van der Waals surface area contributed by atoms with Gasteiger partial charge in [0.2, 0.25) is 5.55 Å². The lowest BCUT2D eigenvalue weighted by Gasteiger charge is -2.06. The molecule has 2 aromatic carbocycles. The van der Waals surface area contributed by atoms with Gasteiger partial charge in [-0.15, -0.1) is 11.3 Å². The number of nitrogens with one attached hydrogen (secondary N) is 1. The standard InChI is InChI=1S/C20H14BrN3O3S/c1-26-15-5-3-14(4-6-15)23-19-16(18(25)24-20-22-8-9-28-20)11-12-10-13(21)2-7-17(12)27-19/h2-11H,1H3,(H,22,24,25). The Morgan fingerprint density at radius 3 is 2.75 bits per heavy atom. The molecule has 1 amide bonds. The number of hydrogen-bond donors (Lipinski definition) is 1. The van der Waals surface area contributed by atoms with Crippen molar-refractivity contribution in [1.82, 2.24) is 4.98 Å². The summed E-state index contributed by atoms with van der Waals surface area (Å²) in [7, 11) is 1.60. The van der Waals surface area contributed by atoms with Gasteiger partial charge >= 0.3 is 0 Å². The fraction of sp³-hybridized carbons (Fsp3) is 0.0500. The minimum absolute atomic E-state index is 0.217. The maximum atomic E-state index is 12.9. The second-order valence-corrected chi connectivity index (χ2v) is 7.56. The van der Waals surface area contributed by atoms with Gasteiger partial charge in [0.05, 0.1) is 12.8 Å². The molecule has 140 valence electrons. The average molecular weight is 456 g/mol. The van der Waals surface area contributed by atoms with Crippen molar-refractivity contribution in [1.29, 1.82) is 0 Å². The first kappa shape index (κ1) is 18.4. The maximum absolute atomic E-state index is 12.9. The van der Waals surface area contributed by atoms with Crippen molar-refractivity contribution in [2.45, 2.75) is 0 Å². The van der Waals surface area contributed by atoms with Crippen LogP contribution in [-0.2, 0) is 0 Å². The van der Waals surface area contributed by atoms with Gasteiger partial charge in [0.1, 0.15) is 16.9 Å². The van der Waals surface area contributed by atoms with Crippen molar-refractivity contribution in [3.63, 3.8) is 0 Å². The molecule has 1 N–H and O–H groups in total. The van der Waals surface area contributed by atoms with E-state index >= 15 is 0 Å². The highest BCUT2D eigenvalue weighted by Crippen LogP contribution is 2.22. The molecule has 0 bridgehead atoms. The molecule has 0 fully saturated rings. The number of amides is 1. The van der Waals surface area contributed by atoms with E-state index in [1.807, 2.05) is 18.2 Å². The zero-order valence-electron chi connectivity index (χ0n) is 14.7. The second kappa shape index (κ2) is 7.95. The minimum atomic E-state index is -0.340. The van der Waals surface area contributed by atoms with E-state index in [4.69, 9.17) is 9.15 Å². The smallest absolute Gasteiger partial charge is 0.262 e. The molecule has 0 aliphatic heterocycles. The summed E-state index contributed by atoms with van der Waals surface area (Å²) in [6.07, 6.45) is 1.63. The number of fused-ring (bicyclic) bond motifs is 1. The van der Waals surface area contributed by atoms with Crippen molar-refractivity contribution < 1.29 is 13.9 Å². The van der Waals surface area contributed by atoms with Crippen LogP contribution in [0.5, 0.6) is 5.75 Å². The molecular weight excluding hydrogens is 442 g/mol. The molecule has 6 nitrogen and oxygen atoms in total. The van der Waals surface area contributed by atoms with E-state index in [-0.39, 0.29) is 11.5 Å². The Labute approximate surface area is 172 Å². The predicted octanol–water partition coefficient (Wildman–Crippen LogP) is 5.15. The Morgan fingerprint density at radius 1 is 1.21 bits per heavy atom. The Kier molecular flexibility index (Phi) is 5.23. The number of halogens is 1.